The summed E-state index contributed by atoms with van der Waals surface area (Å²) in [7, 11) is 0. The van der Waals surface area contributed by atoms with E-state index in [2.05, 4.69) is 38.4 Å². The van der Waals surface area contributed by atoms with E-state index in [0.29, 0.717) is 17.3 Å². The highest BCUT2D eigenvalue weighted by atomic mass is 79.9. The molecule has 0 heterocycles. The van der Waals surface area contributed by atoms with Gasteiger partial charge in [0.2, 0.25) is 0 Å². The Hall–Kier alpha value is -0.0300. The van der Waals surface area contributed by atoms with Crippen LogP contribution < -0.4 is 10.5 Å². The van der Waals surface area contributed by atoms with Gasteiger partial charge in [0.1, 0.15) is 12.4 Å². The fourth-order valence-corrected chi connectivity index (χ4v) is 2.58. The molecule has 0 saturated carbocycles. The largest absolute Gasteiger partial charge is 0.486 e. The molecule has 0 aliphatic carbocycles. The smallest absolute Gasteiger partial charge is 0.148 e. The van der Waals surface area contributed by atoms with Crippen LogP contribution in [0, 0.1) is 0 Å². The van der Waals surface area contributed by atoms with Crippen molar-refractivity contribution in [2.24, 2.45) is 5.73 Å². The Morgan fingerprint density at radius 2 is 1.93 bits per heavy atom. The fourth-order valence-electron chi connectivity index (χ4n) is 1.02. The van der Waals surface area contributed by atoms with Crippen molar-refractivity contribution >= 4 is 43.5 Å². The molecule has 0 bridgehead atoms. The van der Waals surface area contributed by atoms with Crippen LogP contribution in [-0.2, 0) is 6.54 Å². The Kier molecular flexibility index (Phi) is 5.12. The summed E-state index contributed by atoms with van der Waals surface area (Å²) in [5.74, 6) is 0.703. The predicted octanol–water partition coefficient (Wildman–Crippen LogP) is 3.80. The molecule has 2 N–H and O–H groups in total. The summed E-state index contributed by atoms with van der Waals surface area (Å²) in [6.07, 6.45) is 0. The maximum Gasteiger partial charge on any atom is 0.148 e. The van der Waals surface area contributed by atoms with Crippen molar-refractivity contribution in [1.29, 1.82) is 0 Å². The topological polar surface area (TPSA) is 35.2 Å². The van der Waals surface area contributed by atoms with Crippen LogP contribution in [0.5, 0.6) is 5.75 Å². The van der Waals surface area contributed by atoms with Crippen LogP contribution in [-0.4, -0.2) is 6.61 Å². The van der Waals surface area contributed by atoms with Gasteiger partial charge in [-0.15, -0.1) is 0 Å². The van der Waals surface area contributed by atoms with Crippen LogP contribution in [0.2, 0.25) is 0 Å². The molecule has 82 valence electrons. The minimum atomic E-state index is 0.278. The molecule has 0 radical (unpaired) electrons. The molecule has 15 heavy (non-hydrogen) atoms. The van der Waals surface area contributed by atoms with Crippen molar-refractivity contribution in [2.45, 2.75) is 6.54 Å². The molecular formula is C10H10Br2ClNO. The third kappa shape index (κ3) is 3.79. The molecule has 0 amide bonds. The molecule has 5 heteroatoms. The van der Waals surface area contributed by atoms with E-state index in [4.69, 9.17) is 22.1 Å². The number of halogens is 3. The summed E-state index contributed by atoms with van der Waals surface area (Å²) in [5.41, 5.74) is 6.56. The Morgan fingerprint density at radius 3 is 2.33 bits per heavy atom. The van der Waals surface area contributed by atoms with Crippen molar-refractivity contribution in [3.63, 3.8) is 0 Å². The first-order valence-corrected chi connectivity index (χ1v) is 6.15. The van der Waals surface area contributed by atoms with E-state index in [-0.39, 0.29) is 6.61 Å². The number of rotatable bonds is 4. The molecule has 0 aliphatic rings. The number of hydrogen-bond acceptors (Lipinski definition) is 2. The maximum absolute atomic E-state index is 5.62. The lowest BCUT2D eigenvalue weighted by Crippen LogP contribution is -2.01. The van der Waals surface area contributed by atoms with Crippen LogP contribution in [0.4, 0.5) is 0 Å². The van der Waals surface area contributed by atoms with Gasteiger partial charge in [0, 0.05) is 11.6 Å². The van der Waals surface area contributed by atoms with Gasteiger partial charge < -0.3 is 10.5 Å². The van der Waals surface area contributed by atoms with Gasteiger partial charge in [-0.2, -0.15) is 0 Å². The number of nitrogens with two attached hydrogens (primary N) is 1. The zero-order valence-corrected chi connectivity index (χ0v) is 11.8. The Bertz CT molecular complexity index is 359. The van der Waals surface area contributed by atoms with Gasteiger partial charge >= 0.3 is 0 Å². The molecule has 0 aromatic heterocycles. The van der Waals surface area contributed by atoms with Gasteiger partial charge in [-0.3, -0.25) is 0 Å². The minimum absolute atomic E-state index is 0.278. The summed E-state index contributed by atoms with van der Waals surface area (Å²) < 4.78 is 7.15. The van der Waals surface area contributed by atoms with E-state index in [9.17, 15) is 0 Å². The second kappa shape index (κ2) is 5.89. The number of ether oxygens (including phenoxy) is 1. The van der Waals surface area contributed by atoms with E-state index in [1.54, 1.807) is 0 Å². The molecule has 1 aromatic carbocycles. The molecule has 0 atom stereocenters. The summed E-state index contributed by atoms with van der Waals surface area (Å²) in [6.45, 7) is 4.32. The Labute approximate surface area is 111 Å². The second-order valence-corrected chi connectivity index (χ2v) is 5.14. The molecule has 0 unspecified atom stereocenters. The van der Waals surface area contributed by atoms with E-state index in [1.165, 1.54) is 0 Å². The van der Waals surface area contributed by atoms with Crippen LogP contribution >= 0.6 is 43.5 Å². The molecule has 2 nitrogen and oxygen atoms in total. The van der Waals surface area contributed by atoms with Crippen LogP contribution in [0.1, 0.15) is 5.56 Å². The van der Waals surface area contributed by atoms with Crippen LogP contribution in [0.25, 0.3) is 0 Å². The van der Waals surface area contributed by atoms with Gasteiger partial charge in [0.15, 0.2) is 0 Å². The van der Waals surface area contributed by atoms with Gasteiger partial charge in [-0.1, -0.05) is 18.2 Å². The highest BCUT2D eigenvalue weighted by Crippen LogP contribution is 2.35. The maximum atomic E-state index is 5.62. The minimum Gasteiger partial charge on any atom is -0.486 e. The zero-order chi connectivity index (χ0) is 11.4. The second-order valence-electron chi connectivity index (χ2n) is 2.90. The molecule has 0 spiro atoms. The number of hydrogen-bond donors (Lipinski definition) is 1. The zero-order valence-electron chi connectivity index (χ0n) is 7.90. The van der Waals surface area contributed by atoms with Gasteiger partial charge in [-0.05, 0) is 49.6 Å². The normalized spacial score (nSPS) is 10.1. The first-order chi connectivity index (χ1) is 7.04. The Morgan fingerprint density at radius 1 is 1.40 bits per heavy atom. The average molecular weight is 355 g/mol. The molecular weight excluding hydrogens is 345 g/mol. The third-order valence-electron chi connectivity index (χ3n) is 1.67. The quantitative estimate of drug-likeness (QED) is 0.892. The van der Waals surface area contributed by atoms with Crippen LogP contribution in [0.3, 0.4) is 0 Å². The molecule has 1 aromatic rings. The van der Waals surface area contributed by atoms with E-state index < -0.39 is 0 Å². The lowest BCUT2D eigenvalue weighted by molar-refractivity contribution is 0.355. The van der Waals surface area contributed by atoms with Crippen molar-refractivity contribution in [2.75, 3.05) is 6.61 Å². The van der Waals surface area contributed by atoms with Crippen molar-refractivity contribution in [1.82, 2.24) is 0 Å². The van der Waals surface area contributed by atoms with E-state index in [1.807, 2.05) is 12.1 Å². The molecule has 0 saturated heterocycles. The predicted molar refractivity (Wildman–Crippen MR) is 70.2 cm³/mol. The lowest BCUT2D eigenvalue weighted by Gasteiger charge is -2.11. The molecule has 0 aliphatic heterocycles. The third-order valence-corrected chi connectivity index (χ3v) is 2.95. The van der Waals surface area contributed by atoms with Gasteiger partial charge in [0.25, 0.3) is 0 Å². The Balaban J connectivity index is 2.92. The van der Waals surface area contributed by atoms with Crippen molar-refractivity contribution < 1.29 is 4.74 Å². The lowest BCUT2D eigenvalue weighted by atomic mass is 10.2. The number of benzene rings is 1. The van der Waals surface area contributed by atoms with Crippen molar-refractivity contribution in [3.8, 4) is 5.75 Å². The molecule has 1 rings (SSSR count). The van der Waals surface area contributed by atoms with Crippen LogP contribution in [0.15, 0.2) is 32.7 Å². The summed E-state index contributed by atoms with van der Waals surface area (Å²) in [5, 5.41) is 0.455. The summed E-state index contributed by atoms with van der Waals surface area (Å²) in [6, 6.07) is 3.83. The van der Waals surface area contributed by atoms with Gasteiger partial charge in [-0.25, -0.2) is 0 Å². The van der Waals surface area contributed by atoms with Crippen molar-refractivity contribution in [3.05, 3.63) is 38.3 Å². The summed E-state index contributed by atoms with van der Waals surface area (Å²) >= 11 is 12.4. The van der Waals surface area contributed by atoms with E-state index in [0.717, 1.165) is 14.5 Å². The first-order valence-electron chi connectivity index (χ1n) is 4.18. The fraction of sp³-hybridized carbons (Fsp3) is 0.200. The van der Waals surface area contributed by atoms with E-state index >= 15 is 0 Å². The molecule has 0 fully saturated rings. The standard InChI is InChI=1S/C10H10Br2ClNO/c1-6(13)5-15-10-8(11)2-7(4-14)3-9(10)12/h2-3H,1,4-5,14H2. The summed E-state index contributed by atoms with van der Waals surface area (Å²) in [4.78, 5) is 0. The van der Waals surface area contributed by atoms with Gasteiger partial charge in [0.05, 0.1) is 8.95 Å². The highest BCUT2D eigenvalue weighted by molar-refractivity contribution is 9.11. The average Bonchev–Trinajstić information content (AvgIpc) is 2.15. The monoisotopic (exact) mass is 353 g/mol. The first kappa shape index (κ1) is 13.0. The highest BCUT2D eigenvalue weighted by Gasteiger charge is 2.08. The SMILES string of the molecule is C=C(Cl)COc1c(Br)cc(CN)cc1Br.